The molecule has 3 heteroatoms. The Labute approximate surface area is 120 Å². The molecule has 2 nitrogen and oxygen atoms in total. The number of aromatic carboxylic acids is 1. The third kappa shape index (κ3) is 1.95. The summed E-state index contributed by atoms with van der Waals surface area (Å²) < 4.78 is 0. The molecule has 0 aliphatic rings. The largest absolute Gasteiger partial charge is 0.478 e. The van der Waals surface area contributed by atoms with E-state index in [1.165, 1.54) is 0 Å². The second-order valence-electron chi connectivity index (χ2n) is 4.00. The Morgan fingerprint density at radius 3 is 1.72 bits per heavy atom. The van der Waals surface area contributed by atoms with Crippen LogP contribution < -0.4 is 0 Å². The van der Waals surface area contributed by atoms with Crippen molar-refractivity contribution < 1.29 is 32.3 Å². The van der Waals surface area contributed by atoms with Gasteiger partial charge in [0.1, 0.15) is 0 Å². The summed E-state index contributed by atoms with van der Waals surface area (Å²) in [7, 11) is 0. The molecule has 3 aromatic rings. The van der Waals surface area contributed by atoms with Crippen LogP contribution >= 0.6 is 0 Å². The summed E-state index contributed by atoms with van der Waals surface area (Å²) in [6.45, 7) is 0. The van der Waals surface area contributed by atoms with Crippen molar-refractivity contribution in [3.05, 3.63) is 60.2 Å². The van der Waals surface area contributed by atoms with Crippen molar-refractivity contribution in [2.24, 2.45) is 0 Å². The molecule has 0 saturated carbocycles. The molecule has 1 radical (unpaired) electrons. The van der Waals surface area contributed by atoms with Crippen molar-refractivity contribution in [3.8, 4) is 0 Å². The number of carboxylic acid groups (broad SMARTS) is 1. The van der Waals surface area contributed by atoms with E-state index in [1.54, 1.807) is 0 Å². The summed E-state index contributed by atoms with van der Waals surface area (Å²) in [6, 6.07) is 17.2. The van der Waals surface area contributed by atoms with E-state index in [9.17, 15) is 9.90 Å². The minimum Gasteiger partial charge on any atom is -0.478 e. The van der Waals surface area contributed by atoms with E-state index < -0.39 is 5.97 Å². The van der Waals surface area contributed by atoms with Crippen LogP contribution in [0.5, 0.6) is 0 Å². The number of carboxylic acids is 1. The molecule has 0 aliphatic carbocycles. The molecule has 3 rings (SSSR count). The van der Waals surface area contributed by atoms with Crippen molar-refractivity contribution in [1.29, 1.82) is 0 Å². The number of fused-ring (bicyclic) bond motifs is 2. The Morgan fingerprint density at radius 1 is 0.833 bits per heavy atom. The summed E-state index contributed by atoms with van der Waals surface area (Å²) >= 11 is 0. The maximum atomic E-state index is 11.4. The third-order valence-corrected chi connectivity index (χ3v) is 2.99. The van der Waals surface area contributed by atoms with Gasteiger partial charge in [-0.25, -0.2) is 4.79 Å². The molecule has 3 aromatic carbocycles. The van der Waals surface area contributed by atoms with Crippen LogP contribution in [0.1, 0.15) is 10.4 Å². The zero-order valence-electron chi connectivity index (χ0n) is 9.35. The molecule has 0 spiro atoms. The molecule has 0 bridgehead atoms. The van der Waals surface area contributed by atoms with Gasteiger partial charge >= 0.3 is 5.97 Å². The van der Waals surface area contributed by atoms with Crippen LogP contribution in [0, 0.1) is 0 Å². The van der Waals surface area contributed by atoms with E-state index in [0.29, 0.717) is 5.56 Å². The van der Waals surface area contributed by atoms with Crippen molar-refractivity contribution >= 4 is 27.5 Å². The molecule has 0 amide bonds. The van der Waals surface area contributed by atoms with Crippen LogP contribution in [0.3, 0.4) is 0 Å². The van der Waals surface area contributed by atoms with Gasteiger partial charge in [-0.3, -0.25) is 0 Å². The van der Waals surface area contributed by atoms with E-state index in [4.69, 9.17) is 0 Å². The smallest absolute Gasteiger partial charge is 0.336 e. The van der Waals surface area contributed by atoms with E-state index >= 15 is 0 Å². The van der Waals surface area contributed by atoms with Gasteiger partial charge in [0.05, 0.1) is 5.56 Å². The predicted octanol–water partition coefficient (Wildman–Crippen LogP) is 3.69. The Hall–Kier alpha value is -1.61. The number of carbonyl (C=O) groups is 1. The molecule has 0 aromatic heterocycles. The molecule has 93 valence electrons. The van der Waals surface area contributed by atoms with Crippen LogP contribution in [0.4, 0.5) is 0 Å². The standard InChI is InChI=1S/C15H10O2.Ag/c16-15(17)14-12-7-3-1-5-10(12)9-11-6-2-4-8-13(11)14;/h1-9H,(H,16,17);. The average molecular weight is 330 g/mol. The quantitative estimate of drug-likeness (QED) is 0.546. The molecule has 0 fully saturated rings. The number of rotatable bonds is 1. The van der Waals surface area contributed by atoms with Gasteiger partial charge in [0.2, 0.25) is 0 Å². The van der Waals surface area contributed by atoms with Gasteiger partial charge in [-0.05, 0) is 27.6 Å². The summed E-state index contributed by atoms with van der Waals surface area (Å²) in [5.74, 6) is -0.877. The number of hydrogen-bond acceptors (Lipinski definition) is 1. The molecular formula is C15H10AgO2. The second kappa shape index (κ2) is 4.94. The van der Waals surface area contributed by atoms with Gasteiger partial charge in [-0.15, -0.1) is 0 Å². The van der Waals surface area contributed by atoms with Crippen LogP contribution in [0.25, 0.3) is 21.5 Å². The van der Waals surface area contributed by atoms with Crippen molar-refractivity contribution in [2.75, 3.05) is 0 Å². The Balaban J connectivity index is 0.00000120. The Morgan fingerprint density at radius 2 is 1.28 bits per heavy atom. The van der Waals surface area contributed by atoms with Gasteiger partial charge in [0.25, 0.3) is 0 Å². The molecule has 0 unspecified atom stereocenters. The van der Waals surface area contributed by atoms with Crippen LogP contribution in [-0.4, -0.2) is 11.1 Å². The number of hydrogen-bond donors (Lipinski definition) is 1. The SMILES string of the molecule is O=C(O)c1c2ccccc2cc2ccccc12.[Ag]. The van der Waals surface area contributed by atoms with Gasteiger partial charge in [0.15, 0.2) is 0 Å². The van der Waals surface area contributed by atoms with E-state index in [0.717, 1.165) is 21.5 Å². The maximum absolute atomic E-state index is 11.4. The van der Waals surface area contributed by atoms with Crippen molar-refractivity contribution in [1.82, 2.24) is 0 Å². The maximum Gasteiger partial charge on any atom is 0.336 e. The van der Waals surface area contributed by atoms with Gasteiger partial charge in [-0.1, -0.05) is 48.5 Å². The Kier molecular flexibility index (Phi) is 3.53. The van der Waals surface area contributed by atoms with Crippen LogP contribution in [-0.2, 0) is 22.4 Å². The summed E-state index contributed by atoms with van der Waals surface area (Å²) in [6.07, 6.45) is 0. The molecule has 0 aliphatic heterocycles. The van der Waals surface area contributed by atoms with Gasteiger partial charge in [0, 0.05) is 22.4 Å². The van der Waals surface area contributed by atoms with Gasteiger partial charge in [-0.2, -0.15) is 0 Å². The Bertz CT molecular complexity index is 681. The minimum atomic E-state index is -0.877. The van der Waals surface area contributed by atoms with Crippen molar-refractivity contribution in [3.63, 3.8) is 0 Å². The molecule has 0 heterocycles. The van der Waals surface area contributed by atoms with Crippen LogP contribution in [0.15, 0.2) is 54.6 Å². The summed E-state index contributed by atoms with van der Waals surface area (Å²) in [5.41, 5.74) is 0.388. The zero-order chi connectivity index (χ0) is 11.8. The summed E-state index contributed by atoms with van der Waals surface area (Å²) in [5, 5.41) is 12.9. The monoisotopic (exact) mass is 329 g/mol. The third-order valence-electron chi connectivity index (χ3n) is 2.99. The first kappa shape index (κ1) is 12.8. The topological polar surface area (TPSA) is 37.3 Å². The molecule has 0 saturated heterocycles. The minimum absolute atomic E-state index is 0. The van der Waals surface area contributed by atoms with Crippen LogP contribution in [0.2, 0.25) is 0 Å². The van der Waals surface area contributed by atoms with Gasteiger partial charge < -0.3 is 5.11 Å². The first-order valence-corrected chi connectivity index (χ1v) is 5.41. The average Bonchev–Trinajstić information content (AvgIpc) is 2.35. The number of benzene rings is 3. The van der Waals surface area contributed by atoms with E-state index in [2.05, 4.69) is 0 Å². The fourth-order valence-electron chi connectivity index (χ4n) is 2.24. The van der Waals surface area contributed by atoms with E-state index in [-0.39, 0.29) is 22.4 Å². The van der Waals surface area contributed by atoms with Crippen molar-refractivity contribution in [2.45, 2.75) is 0 Å². The summed E-state index contributed by atoms with van der Waals surface area (Å²) in [4.78, 5) is 11.4. The second-order valence-corrected chi connectivity index (χ2v) is 4.00. The molecule has 1 N–H and O–H groups in total. The predicted molar refractivity (Wildman–Crippen MR) is 68.4 cm³/mol. The fourth-order valence-corrected chi connectivity index (χ4v) is 2.24. The molecular weight excluding hydrogens is 320 g/mol. The normalized spacial score (nSPS) is 10.2. The molecule has 0 atom stereocenters. The zero-order valence-corrected chi connectivity index (χ0v) is 10.8. The molecule has 18 heavy (non-hydrogen) atoms. The van der Waals surface area contributed by atoms with E-state index in [1.807, 2.05) is 54.6 Å². The first-order valence-electron chi connectivity index (χ1n) is 5.41. The first-order chi connectivity index (χ1) is 8.27. The fraction of sp³-hybridized carbons (Fsp3) is 0.